The van der Waals surface area contributed by atoms with Crippen molar-refractivity contribution in [2.45, 2.75) is 19.0 Å². The molecule has 66 valence electrons. The van der Waals surface area contributed by atoms with Crippen LogP contribution in [0.25, 0.3) is 0 Å². The third-order valence-corrected chi connectivity index (χ3v) is 3.23. The van der Waals surface area contributed by atoms with E-state index in [0.717, 1.165) is 24.3 Å². The molecule has 1 nitrogen and oxygen atoms in total. The molecule has 1 atom stereocenters. The Balaban J connectivity index is 2.21. The summed E-state index contributed by atoms with van der Waals surface area (Å²) in [7, 11) is 1.81. The average Bonchev–Trinajstić information content (AvgIpc) is 2.07. The second-order valence-corrected chi connectivity index (χ2v) is 4.25. The summed E-state index contributed by atoms with van der Waals surface area (Å²) in [6, 6.07) is 0. The first-order valence-electron chi connectivity index (χ1n) is 4.21. The lowest BCUT2D eigenvalue weighted by Gasteiger charge is -2.24. The summed E-state index contributed by atoms with van der Waals surface area (Å²) in [4.78, 5) is 0. The van der Waals surface area contributed by atoms with Crippen LogP contribution in [0.15, 0.2) is 0 Å². The van der Waals surface area contributed by atoms with E-state index in [1.165, 1.54) is 0 Å². The first kappa shape index (κ1) is 9.33. The molecule has 0 aromatic heterocycles. The summed E-state index contributed by atoms with van der Waals surface area (Å²) in [6.07, 6.45) is 1.50. The van der Waals surface area contributed by atoms with Crippen LogP contribution in [0, 0.1) is 5.92 Å². The van der Waals surface area contributed by atoms with Crippen LogP contribution in [0.4, 0.5) is 4.39 Å². The van der Waals surface area contributed by atoms with Gasteiger partial charge in [-0.15, -0.1) is 0 Å². The van der Waals surface area contributed by atoms with Crippen molar-refractivity contribution < 1.29 is 4.39 Å². The molecule has 1 N–H and O–H groups in total. The van der Waals surface area contributed by atoms with Crippen molar-refractivity contribution in [3.8, 4) is 0 Å². The maximum atomic E-state index is 13.2. The molecule has 0 aromatic carbocycles. The number of hydrogen-bond acceptors (Lipinski definition) is 2. The highest BCUT2D eigenvalue weighted by Crippen LogP contribution is 2.26. The number of thioether (sulfide) groups is 1. The molecule has 1 fully saturated rings. The van der Waals surface area contributed by atoms with Crippen LogP contribution in [0.3, 0.4) is 0 Å². The normalized spacial score (nSPS) is 23.5. The lowest BCUT2D eigenvalue weighted by atomic mass is 9.97. The van der Waals surface area contributed by atoms with E-state index in [1.54, 1.807) is 0 Å². The van der Waals surface area contributed by atoms with Gasteiger partial charge in [-0.05, 0) is 37.3 Å². The second-order valence-electron chi connectivity index (χ2n) is 3.02. The number of halogens is 1. The van der Waals surface area contributed by atoms with Gasteiger partial charge in [-0.3, -0.25) is 0 Å². The quantitative estimate of drug-likeness (QED) is 0.704. The van der Waals surface area contributed by atoms with E-state index in [-0.39, 0.29) is 0 Å². The van der Waals surface area contributed by atoms with Crippen molar-refractivity contribution in [1.82, 2.24) is 5.32 Å². The fraction of sp³-hybridized carbons (Fsp3) is 1.00. The topological polar surface area (TPSA) is 12.0 Å². The average molecular weight is 177 g/mol. The predicted octanol–water partition coefficient (Wildman–Crippen LogP) is 1.69. The Labute approximate surface area is 72.1 Å². The highest BCUT2D eigenvalue weighted by atomic mass is 32.2. The zero-order valence-corrected chi connectivity index (χ0v) is 7.79. The molecule has 0 aromatic rings. The Bertz CT molecular complexity index is 104. The molecule has 1 rings (SSSR count). The summed E-state index contributed by atoms with van der Waals surface area (Å²) in [5, 5.41) is 2.88. The molecule has 0 amide bonds. The lowest BCUT2D eigenvalue weighted by molar-refractivity contribution is 0.213. The SMILES string of the molecule is CNCC(F)C1CCSCC1. The molecule has 0 spiro atoms. The molecule has 0 bridgehead atoms. The molecule has 0 saturated carbocycles. The van der Waals surface area contributed by atoms with Crippen LogP contribution in [0.5, 0.6) is 0 Å². The van der Waals surface area contributed by atoms with Gasteiger partial charge in [0, 0.05) is 6.54 Å². The number of hydrogen-bond donors (Lipinski definition) is 1. The van der Waals surface area contributed by atoms with Gasteiger partial charge < -0.3 is 5.32 Å². The molecule has 1 saturated heterocycles. The molecule has 1 unspecified atom stereocenters. The largest absolute Gasteiger partial charge is 0.317 e. The van der Waals surface area contributed by atoms with E-state index in [2.05, 4.69) is 5.32 Å². The van der Waals surface area contributed by atoms with Gasteiger partial charge in [-0.1, -0.05) is 0 Å². The van der Waals surface area contributed by atoms with E-state index in [4.69, 9.17) is 0 Å². The Morgan fingerprint density at radius 3 is 2.73 bits per heavy atom. The van der Waals surface area contributed by atoms with Crippen LogP contribution in [-0.4, -0.2) is 31.3 Å². The standard InChI is InChI=1S/C8H16FNS/c1-10-6-8(9)7-2-4-11-5-3-7/h7-8,10H,2-6H2,1H3. The molecule has 0 aliphatic carbocycles. The van der Waals surface area contributed by atoms with Gasteiger partial charge in [-0.25, -0.2) is 4.39 Å². The number of alkyl halides is 1. The van der Waals surface area contributed by atoms with Crippen LogP contribution in [0.2, 0.25) is 0 Å². The molecule has 1 heterocycles. The van der Waals surface area contributed by atoms with E-state index >= 15 is 0 Å². The summed E-state index contributed by atoms with van der Waals surface area (Å²) < 4.78 is 13.2. The smallest absolute Gasteiger partial charge is 0.115 e. The molecule has 1 aliphatic rings. The van der Waals surface area contributed by atoms with Gasteiger partial charge in [0.2, 0.25) is 0 Å². The summed E-state index contributed by atoms with van der Waals surface area (Å²) in [5.74, 6) is 2.62. The number of rotatable bonds is 3. The minimum atomic E-state index is -0.624. The summed E-state index contributed by atoms with van der Waals surface area (Å²) >= 11 is 1.95. The first-order valence-corrected chi connectivity index (χ1v) is 5.36. The van der Waals surface area contributed by atoms with Crippen LogP contribution in [-0.2, 0) is 0 Å². The Morgan fingerprint density at radius 1 is 1.55 bits per heavy atom. The van der Waals surface area contributed by atoms with Crippen molar-refractivity contribution in [1.29, 1.82) is 0 Å². The van der Waals surface area contributed by atoms with Crippen molar-refractivity contribution in [3.63, 3.8) is 0 Å². The van der Waals surface area contributed by atoms with Crippen molar-refractivity contribution in [2.24, 2.45) is 5.92 Å². The van der Waals surface area contributed by atoms with E-state index in [1.807, 2.05) is 18.8 Å². The van der Waals surface area contributed by atoms with Gasteiger partial charge in [0.25, 0.3) is 0 Å². The number of nitrogens with one attached hydrogen (secondary N) is 1. The van der Waals surface area contributed by atoms with Gasteiger partial charge in [0.15, 0.2) is 0 Å². The van der Waals surface area contributed by atoms with Gasteiger partial charge in [-0.2, -0.15) is 11.8 Å². The van der Waals surface area contributed by atoms with E-state index in [9.17, 15) is 4.39 Å². The minimum absolute atomic E-state index is 0.323. The molecular weight excluding hydrogens is 161 g/mol. The molecular formula is C8H16FNS. The highest BCUT2D eigenvalue weighted by molar-refractivity contribution is 7.99. The van der Waals surface area contributed by atoms with E-state index < -0.39 is 6.17 Å². The van der Waals surface area contributed by atoms with Crippen molar-refractivity contribution >= 4 is 11.8 Å². The first-order chi connectivity index (χ1) is 5.34. The van der Waals surface area contributed by atoms with Crippen LogP contribution in [0.1, 0.15) is 12.8 Å². The maximum absolute atomic E-state index is 13.2. The Morgan fingerprint density at radius 2 is 2.18 bits per heavy atom. The predicted molar refractivity (Wildman–Crippen MR) is 48.9 cm³/mol. The van der Waals surface area contributed by atoms with Gasteiger partial charge in [0.1, 0.15) is 6.17 Å². The Hall–Kier alpha value is 0.240. The highest BCUT2D eigenvalue weighted by Gasteiger charge is 2.22. The molecule has 3 heteroatoms. The second kappa shape index (κ2) is 4.99. The minimum Gasteiger partial charge on any atom is -0.317 e. The fourth-order valence-electron chi connectivity index (χ4n) is 1.44. The zero-order chi connectivity index (χ0) is 8.10. The monoisotopic (exact) mass is 177 g/mol. The summed E-state index contributed by atoms with van der Waals surface area (Å²) in [5.41, 5.74) is 0. The third kappa shape index (κ3) is 2.99. The molecule has 1 aliphatic heterocycles. The van der Waals surface area contributed by atoms with Crippen molar-refractivity contribution in [2.75, 3.05) is 25.1 Å². The molecule has 11 heavy (non-hydrogen) atoms. The zero-order valence-electron chi connectivity index (χ0n) is 6.98. The lowest BCUT2D eigenvalue weighted by Crippen LogP contribution is -2.29. The van der Waals surface area contributed by atoms with Crippen molar-refractivity contribution in [3.05, 3.63) is 0 Å². The summed E-state index contributed by atoms with van der Waals surface area (Å²) in [6.45, 7) is 0.523. The fourth-order valence-corrected chi connectivity index (χ4v) is 2.58. The van der Waals surface area contributed by atoms with Crippen LogP contribution >= 0.6 is 11.8 Å². The van der Waals surface area contributed by atoms with Gasteiger partial charge >= 0.3 is 0 Å². The third-order valence-electron chi connectivity index (χ3n) is 2.18. The van der Waals surface area contributed by atoms with Crippen LogP contribution < -0.4 is 5.32 Å². The molecule has 0 radical (unpaired) electrons. The Kier molecular flexibility index (Phi) is 4.23. The van der Waals surface area contributed by atoms with E-state index in [0.29, 0.717) is 12.5 Å². The van der Waals surface area contributed by atoms with Gasteiger partial charge in [0.05, 0.1) is 0 Å². The maximum Gasteiger partial charge on any atom is 0.115 e.